The molecule has 3 heterocycles. The van der Waals surface area contributed by atoms with Crippen molar-refractivity contribution in [2.75, 3.05) is 19.8 Å². The smallest absolute Gasteiger partial charge is 0.254 e. The molecule has 0 fully saturated rings. The minimum absolute atomic E-state index is 0.0711. The maximum Gasteiger partial charge on any atom is 0.254 e. The van der Waals surface area contributed by atoms with Gasteiger partial charge in [-0.15, -0.1) is 0 Å². The third-order valence-electron chi connectivity index (χ3n) is 5.06. The highest BCUT2D eigenvalue weighted by molar-refractivity contribution is 6.31. The van der Waals surface area contributed by atoms with Crippen molar-refractivity contribution in [1.82, 2.24) is 19.7 Å². The Morgan fingerprint density at radius 1 is 1.40 bits per heavy atom. The second-order valence-corrected chi connectivity index (χ2v) is 7.48. The van der Waals surface area contributed by atoms with Crippen molar-refractivity contribution >= 4 is 17.5 Å². The second-order valence-electron chi connectivity index (χ2n) is 7.08. The number of aromatic nitrogens is 3. The van der Waals surface area contributed by atoms with E-state index in [1.54, 1.807) is 11.1 Å². The van der Waals surface area contributed by atoms with Crippen LogP contribution >= 0.6 is 11.6 Å². The zero-order valence-corrected chi connectivity index (χ0v) is 17.6. The number of hydrogen-bond donors (Lipinski definition) is 0. The maximum atomic E-state index is 13.5. The molecule has 0 spiro atoms. The van der Waals surface area contributed by atoms with E-state index in [0.717, 1.165) is 11.3 Å². The monoisotopic (exact) mass is 432 g/mol. The Balaban J connectivity index is 1.65. The fraction of sp³-hybridized carbons (Fsp3) is 0.381. The number of aryl methyl sites for hydroxylation is 1. The summed E-state index contributed by atoms with van der Waals surface area (Å²) in [5.74, 6) is 0.357. The predicted molar refractivity (Wildman–Crippen MR) is 109 cm³/mol. The maximum absolute atomic E-state index is 13.5. The van der Waals surface area contributed by atoms with Crippen LogP contribution in [-0.2, 0) is 24.2 Å². The Bertz CT molecular complexity index is 1080. The van der Waals surface area contributed by atoms with E-state index >= 15 is 0 Å². The highest BCUT2D eigenvalue weighted by Crippen LogP contribution is 2.31. The zero-order chi connectivity index (χ0) is 21.3. The third-order valence-corrected chi connectivity index (χ3v) is 5.35. The molecule has 1 amide bonds. The van der Waals surface area contributed by atoms with Gasteiger partial charge in [-0.3, -0.25) is 9.48 Å². The molecule has 1 aliphatic rings. The molecule has 7 nitrogen and oxygen atoms in total. The van der Waals surface area contributed by atoms with Crippen molar-refractivity contribution in [3.05, 3.63) is 57.8 Å². The number of nitrogens with zero attached hydrogens (tertiary/aromatic N) is 4. The van der Waals surface area contributed by atoms with Crippen LogP contribution in [-0.4, -0.2) is 45.3 Å². The van der Waals surface area contributed by atoms with Gasteiger partial charge in [0.25, 0.3) is 5.91 Å². The molecule has 0 saturated carbocycles. The number of ether oxygens (including phenoxy) is 1. The largest absolute Gasteiger partial charge is 0.440 e. The lowest BCUT2D eigenvalue weighted by molar-refractivity contribution is 0.0732. The highest BCUT2D eigenvalue weighted by Gasteiger charge is 2.30. The quantitative estimate of drug-likeness (QED) is 0.553. The van der Waals surface area contributed by atoms with Crippen LogP contribution in [0.4, 0.5) is 4.39 Å². The molecule has 1 aliphatic heterocycles. The van der Waals surface area contributed by atoms with Crippen LogP contribution in [0, 0.1) is 12.7 Å². The van der Waals surface area contributed by atoms with Gasteiger partial charge in [-0.05, 0) is 32.0 Å². The number of halogens is 2. The molecule has 0 N–H and O–H groups in total. The molecule has 0 unspecified atom stereocenters. The summed E-state index contributed by atoms with van der Waals surface area (Å²) in [7, 11) is 0. The molecule has 0 saturated heterocycles. The normalized spacial score (nSPS) is 13.5. The molecule has 0 atom stereocenters. The number of oxazole rings is 1. The SMILES string of the molecule is CCOCCn1nc(-c2ncc(C)o2)c2c1CCN(C(=O)c1ccc(F)c(Cl)c1)C2. The molecule has 30 heavy (non-hydrogen) atoms. The van der Waals surface area contributed by atoms with Crippen LogP contribution in [0.15, 0.2) is 28.8 Å². The molecule has 2 aromatic heterocycles. The minimum Gasteiger partial charge on any atom is -0.440 e. The van der Waals surface area contributed by atoms with Crippen LogP contribution in [0.1, 0.15) is 34.3 Å². The lowest BCUT2D eigenvalue weighted by Crippen LogP contribution is -2.36. The summed E-state index contributed by atoms with van der Waals surface area (Å²) < 4.78 is 26.6. The van der Waals surface area contributed by atoms with E-state index < -0.39 is 5.82 Å². The van der Waals surface area contributed by atoms with E-state index in [-0.39, 0.29) is 10.9 Å². The molecule has 158 valence electrons. The zero-order valence-electron chi connectivity index (χ0n) is 16.8. The van der Waals surface area contributed by atoms with E-state index in [2.05, 4.69) is 4.98 Å². The van der Waals surface area contributed by atoms with Crippen LogP contribution in [0.3, 0.4) is 0 Å². The summed E-state index contributed by atoms with van der Waals surface area (Å²) in [5, 5.41) is 4.64. The molecule has 1 aromatic carbocycles. The van der Waals surface area contributed by atoms with Gasteiger partial charge in [0.1, 0.15) is 11.6 Å². The molecule has 9 heteroatoms. The summed E-state index contributed by atoms with van der Waals surface area (Å²) in [6, 6.07) is 4.01. The van der Waals surface area contributed by atoms with Crippen molar-refractivity contribution in [2.24, 2.45) is 0 Å². The van der Waals surface area contributed by atoms with E-state index in [9.17, 15) is 9.18 Å². The Kier molecular flexibility index (Phi) is 5.87. The van der Waals surface area contributed by atoms with Crippen molar-refractivity contribution in [1.29, 1.82) is 0 Å². The molecule has 4 rings (SSSR count). The van der Waals surface area contributed by atoms with Crippen molar-refractivity contribution in [3.63, 3.8) is 0 Å². The number of hydrogen-bond acceptors (Lipinski definition) is 5. The Morgan fingerprint density at radius 2 is 2.23 bits per heavy atom. The topological polar surface area (TPSA) is 73.4 Å². The summed E-state index contributed by atoms with van der Waals surface area (Å²) in [6.07, 6.45) is 2.28. The number of carbonyl (C=O) groups is 1. The summed E-state index contributed by atoms with van der Waals surface area (Å²) in [5.41, 5.74) is 2.93. The van der Waals surface area contributed by atoms with E-state index in [1.807, 2.05) is 18.5 Å². The van der Waals surface area contributed by atoms with Crippen molar-refractivity contribution in [2.45, 2.75) is 33.4 Å². The average Bonchev–Trinajstić information content (AvgIpc) is 3.33. The van der Waals surface area contributed by atoms with Crippen LogP contribution in [0.25, 0.3) is 11.6 Å². The van der Waals surface area contributed by atoms with Crippen LogP contribution in [0.5, 0.6) is 0 Å². The molecule has 0 radical (unpaired) electrons. The third kappa shape index (κ3) is 3.97. The summed E-state index contributed by atoms with van der Waals surface area (Å²) >= 11 is 5.86. The van der Waals surface area contributed by atoms with Gasteiger partial charge in [0.05, 0.1) is 30.9 Å². The van der Waals surface area contributed by atoms with Gasteiger partial charge in [0, 0.05) is 36.4 Å². The van der Waals surface area contributed by atoms with E-state index in [0.29, 0.717) is 62.2 Å². The number of benzene rings is 1. The molecule has 0 aliphatic carbocycles. The van der Waals surface area contributed by atoms with Gasteiger partial charge in [-0.2, -0.15) is 5.10 Å². The van der Waals surface area contributed by atoms with Gasteiger partial charge in [-0.1, -0.05) is 11.6 Å². The molecular formula is C21H22ClFN4O3. The number of carbonyl (C=O) groups excluding carboxylic acids is 1. The first kappa shape index (κ1) is 20.6. The molecular weight excluding hydrogens is 411 g/mol. The second kappa shape index (κ2) is 8.57. The summed E-state index contributed by atoms with van der Waals surface area (Å²) in [4.78, 5) is 19.0. The average molecular weight is 433 g/mol. The molecule has 0 bridgehead atoms. The number of amides is 1. The fourth-order valence-corrected chi connectivity index (χ4v) is 3.77. The van der Waals surface area contributed by atoms with Gasteiger partial charge in [0.15, 0.2) is 5.69 Å². The summed E-state index contributed by atoms with van der Waals surface area (Å²) in [6.45, 7) is 6.44. The highest BCUT2D eigenvalue weighted by atomic mass is 35.5. The van der Waals surface area contributed by atoms with Crippen LogP contribution in [0.2, 0.25) is 5.02 Å². The predicted octanol–water partition coefficient (Wildman–Crippen LogP) is 3.87. The standard InChI is InChI=1S/C21H22ClFN4O3/c1-3-29-9-8-27-18-6-7-26(21(28)14-4-5-17(23)16(22)10-14)12-15(18)19(25-27)20-24-11-13(2)30-20/h4-5,10-11H,3,6-9,12H2,1-2H3. The first-order valence-electron chi connectivity index (χ1n) is 9.81. The van der Waals surface area contributed by atoms with Crippen molar-refractivity contribution in [3.8, 4) is 11.6 Å². The van der Waals surface area contributed by atoms with Crippen LogP contribution < -0.4 is 0 Å². The first-order valence-corrected chi connectivity index (χ1v) is 10.2. The first-order chi connectivity index (χ1) is 14.5. The number of rotatable bonds is 6. The Morgan fingerprint density at radius 3 is 2.93 bits per heavy atom. The van der Waals surface area contributed by atoms with E-state index in [4.69, 9.17) is 25.9 Å². The van der Waals surface area contributed by atoms with Gasteiger partial charge < -0.3 is 14.1 Å². The lowest BCUT2D eigenvalue weighted by atomic mass is 10.0. The van der Waals surface area contributed by atoms with Gasteiger partial charge in [0.2, 0.25) is 5.89 Å². The Hall–Kier alpha value is -2.71. The Labute approximate surface area is 178 Å². The van der Waals surface area contributed by atoms with Gasteiger partial charge >= 0.3 is 0 Å². The van der Waals surface area contributed by atoms with Crippen molar-refractivity contribution < 1.29 is 18.3 Å². The molecule has 3 aromatic rings. The lowest BCUT2D eigenvalue weighted by Gasteiger charge is -2.28. The van der Waals surface area contributed by atoms with Gasteiger partial charge in [-0.25, -0.2) is 9.37 Å². The number of fused-ring (bicyclic) bond motifs is 1. The fourth-order valence-electron chi connectivity index (χ4n) is 3.59. The minimum atomic E-state index is -0.550. The van der Waals surface area contributed by atoms with E-state index in [1.165, 1.54) is 18.2 Å².